The number of hydrogen-bond donors (Lipinski definition) is 1. The third-order valence-corrected chi connectivity index (χ3v) is 6.78. The molecule has 1 N–H and O–H groups in total. The lowest BCUT2D eigenvalue weighted by molar-refractivity contribution is 0.0953. The maximum Gasteiger partial charge on any atom is 0.251 e. The van der Waals surface area contributed by atoms with E-state index in [2.05, 4.69) is 5.32 Å². The van der Waals surface area contributed by atoms with E-state index in [1.807, 2.05) is 24.3 Å². The van der Waals surface area contributed by atoms with Gasteiger partial charge in [0.2, 0.25) is 10.0 Å². The number of rotatable bonds is 8. The van der Waals surface area contributed by atoms with E-state index in [0.29, 0.717) is 25.2 Å². The van der Waals surface area contributed by atoms with Gasteiger partial charge in [-0.25, -0.2) is 8.42 Å². The van der Waals surface area contributed by atoms with Gasteiger partial charge < -0.3 is 10.1 Å². The molecule has 2 aromatic carbocycles. The van der Waals surface area contributed by atoms with Crippen molar-refractivity contribution in [1.29, 1.82) is 0 Å². The molecule has 1 aliphatic heterocycles. The van der Waals surface area contributed by atoms with Crippen LogP contribution in [0.2, 0.25) is 0 Å². The maximum absolute atomic E-state index is 12.7. The molecule has 28 heavy (non-hydrogen) atoms. The molecule has 2 aromatic rings. The van der Waals surface area contributed by atoms with Gasteiger partial charge in [0.15, 0.2) is 0 Å². The van der Waals surface area contributed by atoms with Crippen LogP contribution in [0.1, 0.15) is 35.2 Å². The number of benzene rings is 2. The fraction of sp³-hybridized carbons (Fsp3) is 0.381. The van der Waals surface area contributed by atoms with Crippen molar-refractivity contribution in [1.82, 2.24) is 9.62 Å². The van der Waals surface area contributed by atoms with Crippen LogP contribution >= 0.6 is 0 Å². The summed E-state index contributed by atoms with van der Waals surface area (Å²) in [5, 5.41) is 2.87. The third-order valence-electron chi connectivity index (χ3n) is 4.89. The molecule has 0 bridgehead atoms. The number of ether oxygens (including phenoxy) is 1. The average molecular weight is 403 g/mol. The Bertz CT molecular complexity index is 904. The van der Waals surface area contributed by atoms with Crippen molar-refractivity contribution in [2.24, 2.45) is 0 Å². The van der Waals surface area contributed by atoms with E-state index in [1.165, 1.54) is 15.9 Å². The molecule has 0 spiro atoms. The van der Waals surface area contributed by atoms with Crippen molar-refractivity contribution in [2.45, 2.75) is 30.6 Å². The van der Waals surface area contributed by atoms with Crippen molar-refractivity contribution in [3.8, 4) is 5.75 Å². The van der Waals surface area contributed by atoms with E-state index in [9.17, 15) is 13.2 Å². The maximum atomic E-state index is 12.7. The summed E-state index contributed by atoms with van der Waals surface area (Å²) in [6.07, 6.45) is 3.40. The first-order valence-electron chi connectivity index (χ1n) is 9.52. The zero-order valence-electron chi connectivity index (χ0n) is 16.1. The predicted octanol–water partition coefficient (Wildman–Crippen LogP) is 2.84. The summed E-state index contributed by atoms with van der Waals surface area (Å²) in [4.78, 5) is 12.6. The number of aryl methyl sites for hydroxylation is 1. The second-order valence-electron chi connectivity index (χ2n) is 6.85. The smallest absolute Gasteiger partial charge is 0.251 e. The molecule has 0 saturated carbocycles. The lowest BCUT2D eigenvalue weighted by Gasteiger charge is -2.16. The van der Waals surface area contributed by atoms with E-state index < -0.39 is 10.0 Å². The Morgan fingerprint density at radius 2 is 1.82 bits per heavy atom. The number of carbonyl (C=O) groups is 1. The molecule has 1 aliphatic rings. The quantitative estimate of drug-likeness (QED) is 0.689. The van der Waals surface area contributed by atoms with Crippen LogP contribution in [0.4, 0.5) is 0 Å². The van der Waals surface area contributed by atoms with Crippen LogP contribution in [-0.4, -0.2) is 45.4 Å². The van der Waals surface area contributed by atoms with Crippen molar-refractivity contribution in [2.75, 3.05) is 26.7 Å². The summed E-state index contributed by atoms with van der Waals surface area (Å²) in [6, 6.07) is 14.1. The third kappa shape index (κ3) is 4.91. The molecule has 0 aromatic heterocycles. The molecule has 1 fully saturated rings. The SMILES string of the molecule is COc1ccc(CCCNC(=O)c2cccc(S(=O)(=O)N3CCCC3)c2)cc1. The lowest BCUT2D eigenvalue weighted by Crippen LogP contribution is -2.29. The molecule has 3 rings (SSSR count). The van der Waals surface area contributed by atoms with Gasteiger partial charge in [-0.05, 0) is 61.6 Å². The summed E-state index contributed by atoms with van der Waals surface area (Å²) < 4.78 is 31.9. The average Bonchev–Trinajstić information content (AvgIpc) is 3.27. The molecule has 6 nitrogen and oxygen atoms in total. The highest BCUT2D eigenvalue weighted by molar-refractivity contribution is 7.89. The van der Waals surface area contributed by atoms with Crippen LogP contribution < -0.4 is 10.1 Å². The lowest BCUT2D eigenvalue weighted by atomic mass is 10.1. The molecule has 0 unspecified atom stereocenters. The van der Waals surface area contributed by atoms with Crippen LogP contribution in [0.25, 0.3) is 0 Å². The monoisotopic (exact) mass is 402 g/mol. The van der Waals surface area contributed by atoms with Crippen LogP contribution in [-0.2, 0) is 16.4 Å². The van der Waals surface area contributed by atoms with Gasteiger partial charge in [-0.1, -0.05) is 18.2 Å². The van der Waals surface area contributed by atoms with Crippen molar-refractivity contribution >= 4 is 15.9 Å². The second kappa shape index (κ2) is 9.21. The number of methoxy groups -OCH3 is 1. The van der Waals surface area contributed by atoms with E-state index >= 15 is 0 Å². The normalized spacial score (nSPS) is 14.8. The minimum absolute atomic E-state index is 0.181. The van der Waals surface area contributed by atoms with E-state index in [0.717, 1.165) is 31.4 Å². The van der Waals surface area contributed by atoms with Gasteiger partial charge in [0.05, 0.1) is 12.0 Å². The van der Waals surface area contributed by atoms with Crippen molar-refractivity contribution in [3.05, 3.63) is 59.7 Å². The number of sulfonamides is 1. The number of nitrogens with zero attached hydrogens (tertiary/aromatic N) is 1. The molecule has 1 heterocycles. The molecule has 150 valence electrons. The van der Waals surface area contributed by atoms with Crippen LogP contribution in [0.3, 0.4) is 0 Å². The molecule has 1 amide bonds. The van der Waals surface area contributed by atoms with Gasteiger partial charge in [-0.3, -0.25) is 4.79 Å². The summed E-state index contributed by atoms with van der Waals surface area (Å²) in [7, 11) is -1.88. The highest BCUT2D eigenvalue weighted by Crippen LogP contribution is 2.21. The van der Waals surface area contributed by atoms with Gasteiger partial charge in [0, 0.05) is 25.2 Å². The van der Waals surface area contributed by atoms with Crippen molar-refractivity contribution in [3.63, 3.8) is 0 Å². The first kappa shape index (κ1) is 20.4. The summed E-state index contributed by atoms with van der Waals surface area (Å²) in [5.41, 5.74) is 1.54. The van der Waals surface area contributed by atoms with Crippen LogP contribution in [0, 0.1) is 0 Å². The molecule has 1 saturated heterocycles. The molecule has 7 heteroatoms. The molecule has 0 aliphatic carbocycles. The van der Waals surface area contributed by atoms with Gasteiger partial charge >= 0.3 is 0 Å². The Balaban J connectivity index is 1.54. The zero-order valence-corrected chi connectivity index (χ0v) is 16.9. The number of nitrogens with one attached hydrogen (secondary N) is 1. The molecule has 0 atom stereocenters. The second-order valence-corrected chi connectivity index (χ2v) is 8.78. The first-order chi connectivity index (χ1) is 13.5. The largest absolute Gasteiger partial charge is 0.497 e. The summed E-state index contributed by atoms with van der Waals surface area (Å²) in [5.74, 6) is 0.564. The van der Waals surface area contributed by atoms with Gasteiger partial charge in [0.25, 0.3) is 5.91 Å². The van der Waals surface area contributed by atoms with E-state index in [4.69, 9.17) is 4.74 Å². The van der Waals surface area contributed by atoms with Crippen LogP contribution in [0.15, 0.2) is 53.4 Å². The van der Waals surface area contributed by atoms with Gasteiger partial charge in [-0.15, -0.1) is 0 Å². The Labute approximate surface area is 166 Å². The predicted molar refractivity (Wildman–Crippen MR) is 108 cm³/mol. The Kier molecular flexibility index (Phi) is 6.70. The highest BCUT2D eigenvalue weighted by atomic mass is 32.2. The van der Waals surface area contributed by atoms with Gasteiger partial charge in [-0.2, -0.15) is 4.31 Å². The van der Waals surface area contributed by atoms with Crippen LogP contribution in [0.5, 0.6) is 5.75 Å². The minimum Gasteiger partial charge on any atom is -0.497 e. The fourth-order valence-corrected chi connectivity index (χ4v) is 4.83. The Morgan fingerprint density at radius 1 is 1.11 bits per heavy atom. The fourth-order valence-electron chi connectivity index (χ4n) is 3.26. The highest BCUT2D eigenvalue weighted by Gasteiger charge is 2.27. The topological polar surface area (TPSA) is 75.7 Å². The molecular formula is C21H26N2O4S. The standard InChI is InChI=1S/C21H26N2O4S/c1-27-19-11-9-17(10-12-19)6-5-13-22-21(24)18-7-4-8-20(16-18)28(25,26)23-14-2-3-15-23/h4,7-12,16H,2-3,5-6,13-15H2,1H3,(H,22,24). The minimum atomic E-state index is -3.52. The number of amides is 1. The Morgan fingerprint density at radius 3 is 2.50 bits per heavy atom. The van der Waals surface area contributed by atoms with E-state index in [1.54, 1.807) is 25.3 Å². The zero-order chi connectivity index (χ0) is 20.0. The molecular weight excluding hydrogens is 376 g/mol. The molecule has 0 radical (unpaired) electrons. The Hall–Kier alpha value is -2.38. The van der Waals surface area contributed by atoms with E-state index in [-0.39, 0.29) is 10.8 Å². The summed E-state index contributed by atoms with van der Waals surface area (Å²) >= 11 is 0. The number of carbonyl (C=O) groups excluding carboxylic acids is 1. The first-order valence-corrected chi connectivity index (χ1v) is 11.0. The number of hydrogen-bond acceptors (Lipinski definition) is 4. The van der Waals surface area contributed by atoms with Crippen molar-refractivity contribution < 1.29 is 17.9 Å². The summed E-state index contributed by atoms with van der Waals surface area (Å²) in [6.45, 7) is 1.61. The van der Waals surface area contributed by atoms with Gasteiger partial charge in [0.1, 0.15) is 5.75 Å².